The van der Waals surface area contributed by atoms with E-state index in [1.54, 1.807) is 18.5 Å². The van der Waals surface area contributed by atoms with Crippen LogP contribution in [0.3, 0.4) is 0 Å². The molecule has 1 spiro atoms. The number of carbonyl (C=O) groups is 1. The molecule has 2 saturated heterocycles. The number of carbonyl (C=O) groups excluding carboxylic acids is 1. The average molecular weight is 318 g/mol. The first kappa shape index (κ1) is 14.0. The van der Waals surface area contributed by atoms with Crippen molar-refractivity contribution >= 4 is 5.97 Å². The normalized spacial score (nSPS) is 33.6. The number of fused-ring (bicyclic) bond motifs is 3. The largest absolute Gasteiger partial charge is 0.449 e. The Bertz CT molecular complexity index is 830. The predicted molar refractivity (Wildman–Crippen MR) is 88.9 cm³/mol. The minimum atomic E-state index is -0.462. The van der Waals surface area contributed by atoms with Gasteiger partial charge in [0.05, 0.1) is 6.04 Å². The van der Waals surface area contributed by atoms with Crippen LogP contribution in [0.1, 0.15) is 31.2 Å². The molecular weight excluding hydrogens is 300 g/mol. The number of nitrogens with zero attached hydrogens (tertiary/aromatic N) is 2. The number of ether oxygens (including phenoxy) is 1. The summed E-state index contributed by atoms with van der Waals surface area (Å²) in [5.41, 5.74) is 2.37. The Hall–Kier alpha value is -2.38. The number of aromatic nitrogens is 1. The van der Waals surface area contributed by atoms with Crippen molar-refractivity contribution in [1.29, 1.82) is 0 Å². The lowest BCUT2D eigenvalue weighted by Gasteiger charge is -2.38. The van der Waals surface area contributed by atoms with Gasteiger partial charge in [-0.3, -0.25) is 9.88 Å². The second-order valence-corrected chi connectivity index (χ2v) is 6.96. The Kier molecular flexibility index (Phi) is 2.95. The Balaban J connectivity index is 1.58. The Morgan fingerprint density at radius 2 is 2.29 bits per heavy atom. The van der Waals surface area contributed by atoms with E-state index in [1.807, 2.05) is 12.1 Å². The molecule has 120 valence electrons. The summed E-state index contributed by atoms with van der Waals surface area (Å²) in [6.07, 6.45) is 11.8. The van der Waals surface area contributed by atoms with E-state index < -0.39 is 5.60 Å². The Labute approximate surface area is 141 Å². The summed E-state index contributed by atoms with van der Waals surface area (Å²) in [6.45, 7) is 1.09. The highest BCUT2D eigenvalue weighted by atomic mass is 16.6. The predicted octanol–water partition coefficient (Wildman–Crippen LogP) is 2.22. The van der Waals surface area contributed by atoms with Crippen molar-refractivity contribution in [2.24, 2.45) is 0 Å². The van der Waals surface area contributed by atoms with E-state index >= 15 is 0 Å². The van der Waals surface area contributed by atoms with Gasteiger partial charge in [-0.05, 0) is 31.5 Å². The standard InChI is InChI=1S/C20H18N2O2/c23-19-11-17-15(7-6-14-4-3-8-21-13-14)10-16-12-20(17,24-19)18-5-1-2-9-22(16)18/h3-4,8,10-11,13,16,18H,1-2,5,9,12H2. The van der Waals surface area contributed by atoms with Gasteiger partial charge < -0.3 is 4.74 Å². The number of piperidine rings is 1. The van der Waals surface area contributed by atoms with Crippen LogP contribution in [0.5, 0.6) is 0 Å². The van der Waals surface area contributed by atoms with Crippen molar-refractivity contribution in [3.05, 3.63) is 53.4 Å². The van der Waals surface area contributed by atoms with Crippen molar-refractivity contribution in [2.45, 2.75) is 43.4 Å². The fourth-order valence-corrected chi connectivity index (χ4v) is 4.75. The molecule has 1 aromatic rings. The third-order valence-electron chi connectivity index (χ3n) is 5.67. The third-order valence-corrected chi connectivity index (χ3v) is 5.67. The molecule has 3 atom stereocenters. The highest BCUT2D eigenvalue weighted by Gasteiger charge is 2.61. The summed E-state index contributed by atoms with van der Waals surface area (Å²) in [5, 5.41) is 0. The smallest absolute Gasteiger partial charge is 0.332 e. The van der Waals surface area contributed by atoms with E-state index in [0.29, 0.717) is 12.1 Å². The van der Waals surface area contributed by atoms with Crippen LogP contribution in [0.25, 0.3) is 0 Å². The minimum absolute atomic E-state index is 0.216. The van der Waals surface area contributed by atoms with Gasteiger partial charge in [0.2, 0.25) is 0 Å². The lowest BCUT2D eigenvalue weighted by Crippen LogP contribution is -2.48. The van der Waals surface area contributed by atoms with Gasteiger partial charge >= 0.3 is 5.97 Å². The molecule has 0 saturated carbocycles. The van der Waals surface area contributed by atoms with Gasteiger partial charge in [0.15, 0.2) is 5.60 Å². The molecule has 2 fully saturated rings. The first-order chi connectivity index (χ1) is 11.8. The molecule has 4 aliphatic rings. The third kappa shape index (κ3) is 1.91. The highest BCUT2D eigenvalue weighted by molar-refractivity contribution is 5.90. The van der Waals surface area contributed by atoms with Gasteiger partial charge in [-0.2, -0.15) is 0 Å². The molecule has 0 amide bonds. The van der Waals surface area contributed by atoms with Gasteiger partial charge in [0.1, 0.15) is 0 Å². The maximum atomic E-state index is 12.1. The first-order valence-electron chi connectivity index (χ1n) is 8.61. The SMILES string of the molecule is O=C1C=C2C(C#Cc3cccnc3)=CC3CC2(O1)C1CCCCN31. The molecule has 4 heterocycles. The Morgan fingerprint density at radius 1 is 1.33 bits per heavy atom. The molecule has 1 aromatic heterocycles. The number of hydrogen-bond donors (Lipinski definition) is 0. The zero-order chi connectivity index (χ0) is 16.1. The molecule has 2 bridgehead atoms. The van der Waals surface area contributed by atoms with E-state index in [1.165, 1.54) is 12.8 Å². The van der Waals surface area contributed by atoms with Crippen LogP contribution in [-0.4, -0.2) is 40.1 Å². The van der Waals surface area contributed by atoms with Crippen molar-refractivity contribution in [2.75, 3.05) is 6.54 Å². The summed E-state index contributed by atoms with van der Waals surface area (Å²) in [4.78, 5) is 18.7. The number of pyridine rings is 1. The molecule has 24 heavy (non-hydrogen) atoms. The number of esters is 1. The number of hydrogen-bond acceptors (Lipinski definition) is 4. The zero-order valence-corrected chi connectivity index (χ0v) is 13.4. The summed E-state index contributed by atoms with van der Waals surface area (Å²) in [6, 6.07) is 4.47. The fraction of sp³-hybridized carbons (Fsp3) is 0.400. The van der Waals surface area contributed by atoms with E-state index in [4.69, 9.17) is 4.74 Å². The van der Waals surface area contributed by atoms with Crippen LogP contribution < -0.4 is 0 Å². The van der Waals surface area contributed by atoms with E-state index in [-0.39, 0.29) is 5.97 Å². The summed E-state index contributed by atoms with van der Waals surface area (Å²) in [7, 11) is 0. The van der Waals surface area contributed by atoms with Crippen molar-refractivity contribution < 1.29 is 9.53 Å². The number of rotatable bonds is 0. The van der Waals surface area contributed by atoms with Crippen LogP contribution in [0, 0.1) is 11.8 Å². The fourth-order valence-electron chi connectivity index (χ4n) is 4.75. The van der Waals surface area contributed by atoms with Crippen molar-refractivity contribution in [3.63, 3.8) is 0 Å². The maximum Gasteiger partial charge on any atom is 0.332 e. The van der Waals surface area contributed by atoms with Crippen molar-refractivity contribution in [3.8, 4) is 11.8 Å². The van der Waals surface area contributed by atoms with E-state index in [0.717, 1.165) is 36.1 Å². The minimum Gasteiger partial charge on any atom is -0.449 e. The quantitative estimate of drug-likeness (QED) is 0.543. The molecule has 3 unspecified atom stereocenters. The molecule has 0 aromatic carbocycles. The van der Waals surface area contributed by atoms with Crippen LogP contribution >= 0.6 is 0 Å². The average Bonchev–Trinajstić information content (AvgIpc) is 3.09. The van der Waals surface area contributed by atoms with Crippen LogP contribution in [0.4, 0.5) is 0 Å². The topological polar surface area (TPSA) is 42.4 Å². The second kappa shape index (κ2) is 5.06. The van der Waals surface area contributed by atoms with Crippen LogP contribution in [-0.2, 0) is 9.53 Å². The first-order valence-corrected chi connectivity index (χ1v) is 8.61. The molecule has 1 aliphatic carbocycles. The molecule has 3 aliphatic heterocycles. The van der Waals surface area contributed by atoms with Gasteiger partial charge in [-0.25, -0.2) is 4.79 Å². The molecular formula is C20H18N2O2. The van der Waals surface area contributed by atoms with Crippen LogP contribution in [0.2, 0.25) is 0 Å². The molecule has 0 N–H and O–H groups in total. The molecule has 4 nitrogen and oxygen atoms in total. The molecule has 4 heteroatoms. The monoisotopic (exact) mass is 318 g/mol. The lowest BCUT2D eigenvalue weighted by atomic mass is 9.77. The summed E-state index contributed by atoms with van der Waals surface area (Å²) in [5.74, 6) is 6.25. The van der Waals surface area contributed by atoms with E-state index in [2.05, 4.69) is 27.8 Å². The highest BCUT2D eigenvalue weighted by Crippen LogP contribution is 2.53. The van der Waals surface area contributed by atoms with E-state index in [9.17, 15) is 4.79 Å². The van der Waals surface area contributed by atoms with Gasteiger partial charge in [0.25, 0.3) is 0 Å². The van der Waals surface area contributed by atoms with Crippen LogP contribution in [0.15, 0.2) is 47.8 Å². The van der Waals surface area contributed by atoms with Crippen molar-refractivity contribution in [1.82, 2.24) is 9.88 Å². The summed E-state index contributed by atoms with van der Waals surface area (Å²) >= 11 is 0. The Morgan fingerprint density at radius 3 is 3.17 bits per heavy atom. The van der Waals surface area contributed by atoms with Gasteiger partial charge in [-0.15, -0.1) is 0 Å². The summed E-state index contributed by atoms with van der Waals surface area (Å²) < 4.78 is 5.90. The molecule has 5 rings (SSSR count). The maximum absolute atomic E-state index is 12.1. The zero-order valence-electron chi connectivity index (χ0n) is 13.4. The second-order valence-electron chi connectivity index (χ2n) is 6.96. The lowest BCUT2D eigenvalue weighted by molar-refractivity contribution is -0.148. The van der Waals surface area contributed by atoms with Gasteiger partial charge in [0, 0.05) is 47.6 Å². The van der Waals surface area contributed by atoms with Gasteiger partial charge in [-0.1, -0.05) is 24.3 Å². The molecule has 0 radical (unpaired) electrons.